The van der Waals surface area contributed by atoms with Crippen molar-refractivity contribution in [3.63, 3.8) is 0 Å². The lowest BCUT2D eigenvalue weighted by Crippen LogP contribution is -2.65. The number of aliphatic hydroxyl groups excluding tert-OH is 6. The third-order valence-corrected chi connectivity index (χ3v) is 21.8. The van der Waals surface area contributed by atoms with Crippen molar-refractivity contribution >= 4 is 88.1 Å². The van der Waals surface area contributed by atoms with Crippen LogP contribution < -0.4 is 78.0 Å². The Labute approximate surface area is 724 Å². The molecule has 2 fully saturated rings. The predicted molar refractivity (Wildman–Crippen MR) is 434 cm³/mol. The lowest BCUT2D eigenvalue weighted by atomic mass is 9.84. The molecule has 21 N–H and O–H groups in total. The molecule has 7 aliphatic heterocycles. The molecule has 8 heterocycles. The number of aliphatic hydroxyl groups is 6. The number of alkyl halides is 3. The predicted octanol–water partition coefficient (Wildman–Crippen LogP) is 3.48. The number of halogens is 5. The monoisotopic (exact) mass is 1800 g/mol. The van der Waals surface area contributed by atoms with Crippen LogP contribution in [0.5, 0.6) is 51.7 Å². The molecule has 7 aliphatic rings. The summed E-state index contributed by atoms with van der Waals surface area (Å²) in [5.74, 6) is -16.9. The van der Waals surface area contributed by atoms with Gasteiger partial charge in [-0.15, -0.1) is 13.2 Å². The van der Waals surface area contributed by atoms with Crippen LogP contribution in [-0.2, 0) is 68.7 Å². The van der Waals surface area contributed by atoms with Crippen molar-refractivity contribution in [1.29, 1.82) is 0 Å². The van der Waals surface area contributed by atoms with Crippen LogP contribution in [0, 0.1) is 5.92 Å². The number of hydrogen-bond acceptors (Lipinski definition) is 29. The number of hydroxylamine groups is 1. The number of fused-ring (bicyclic) bond motifs is 15. The SMILES string of the molecule is CNC(CC(C)C)C(=O)NC1C(=O)NC(CC(N)=O)C(=O)NC2C(=O)NC3C(=O)NC(C(=O)NC(C(=O)NOC)c4cc(O)cc(O)c4-c4cc3ccc4O)C(O)c3ccc(c(Cl)c3)Oc3cc2cc(c3OC2OC(CO)C(O)C(O)C2OC2CC(C)(NCc3cncc(NC(=O)/C=C/c4cccc(OC(F)(F)F)c4)c3)C(O)C(C)O2)Oc2ccc(cc2Cl)C1O. The molecule has 1 aromatic heterocycles. The molecule has 38 nitrogen and oxygen atoms in total. The van der Waals surface area contributed by atoms with Gasteiger partial charge >= 0.3 is 6.36 Å². The molecule has 126 heavy (non-hydrogen) atoms. The topological polar surface area (TPSA) is 569 Å². The standard InChI is InChI=1S/C83H89Cl2F3N12O26/c1-34(2)18-49(90-5)74(112)98-65-67(107)39-12-15-53(47(84)22-39)121-55-24-41-25-56(71(55)125-81-72(70(110)69(109)57(33-101)123-81)124-60-29-82(4,73(111)35(3)120-60)92-31-37-19-42(32-91-30-37)93-59(106)17-10-36-8-7-9-44(20-36)126-83(86,87)88)122-54-16-13-40(23-48(54)85)68(108)66-79(117)97-64(80(118)100-119-6)46-26-43(102)27-52(104)61(46)45-21-38(11-14-51(45)103)62(76(114)99-66)96-77(115)63(41)95-75(113)50(28-58(89)105)94-78(65)116/h7-17,19-27,30,32,34-35,49-50,57,60,62-70,72-73,81,90,92,101-104,107-111H,18,28-29,31,33H2,1-6H3,(H2,89,105)(H,93,106)(H,94,116)(H,95,113)(H,96,115)(H,97,117)(H,98,112)(H,99,114)(H,100,118)/b17-10+. The first kappa shape index (κ1) is 93.1. The highest BCUT2D eigenvalue weighted by molar-refractivity contribution is 6.32. The van der Waals surface area contributed by atoms with Gasteiger partial charge in [-0.25, -0.2) is 5.48 Å². The van der Waals surface area contributed by atoms with Crippen LogP contribution in [0.1, 0.15) is 116 Å². The number of anilines is 1. The van der Waals surface area contributed by atoms with E-state index in [9.17, 15) is 78.3 Å². The first-order valence-corrected chi connectivity index (χ1v) is 39.8. The van der Waals surface area contributed by atoms with Crippen molar-refractivity contribution in [3.8, 4) is 62.9 Å². The van der Waals surface area contributed by atoms with Crippen molar-refractivity contribution in [2.24, 2.45) is 11.7 Å². The van der Waals surface area contributed by atoms with Crippen LogP contribution in [0.25, 0.3) is 17.2 Å². The van der Waals surface area contributed by atoms with Crippen LogP contribution >= 0.6 is 23.2 Å². The third kappa shape index (κ3) is 21.5. The lowest BCUT2D eigenvalue weighted by molar-refractivity contribution is -0.334. The average Bonchev–Trinajstić information content (AvgIpc) is 0.764. The molecule has 2 saturated heterocycles. The molecule has 43 heteroatoms. The van der Waals surface area contributed by atoms with E-state index in [0.29, 0.717) is 5.56 Å². The van der Waals surface area contributed by atoms with Gasteiger partial charge in [-0.05, 0) is 151 Å². The summed E-state index contributed by atoms with van der Waals surface area (Å²) in [6.45, 7) is 5.55. The minimum Gasteiger partial charge on any atom is -0.508 e. The van der Waals surface area contributed by atoms with Gasteiger partial charge in [0.2, 0.25) is 59.3 Å². The van der Waals surface area contributed by atoms with Gasteiger partial charge < -0.3 is 133 Å². The van der Waals surface area contributed by atoms with Crippen LogP contribution in [0.15, 0.2) is 128 Å². The molecule has 0 radical (unpaired) electrons. The van der Waals surface area contributed by atoms with E-state index in [1.165, 1.54) is 62.8 Å². The molecule has 11 bridgehead atoms. The molecule has 7 aromatic rings. The van der Waals surface area contributed by atoms with Crippen molar-refractivity contribution in [3.05, 3.63) is 177 Å². The van der Waals surface area contributed by atoms with Crippen molar-refractivity contribution in [2.75, 3.05) is 26.1 Å². The number of primary amides is 1. The molecule has 0 spiro atoms. The zero-order valence-corrected chi connectivity index (χ0v) is 69.0. The van der Waals surface area contributed by atoms with Gasteiger partial charge in [-0.2, -0.15) is 0 Å². The number of nitrogens with zero attached hydrogens (tertiary/aromatic N) is 1. The van der Waals surface area contributed by atoms with Crippen LogP contribution in [0.2, 0.25) is 10.0 Å². The quantitative estimate of drug-likeness (QED) is 0.0362. The number of aromatic nitrogens is 1. The van der Waals surface area contributed by atoms with Gasteiger partial charge in [0.25, 0.3) is 5.91 Å². The maximum absolute atomic E-state index is 16.3. The van der Waals surface area contributed by atoms with Crippen LogP contribution in [0.3, 0.4) is 0 Å². The number of phenols is 3. The molecule has 0 aliphatic carbocycles. The third-order valence-electron chi connectivity index (χ3n) is 21.2. The maximum Gasteiger partial charge on any atom is 0.573 e. The van der Waals surface area contributed by atoms with Gasteiger partial charge in [0.1, 0.15) is 101 Å². The minimum atomic E-state index is -4.96. The highest BCUT2D eigenvalue weighted by atomic mass is 35.5. The van der Waals surface area contributed by atoms with Gasteiger partial charge in [0, 0.05) is 48.0 Å². The first-order chi connectivity index (χ1) is 59.7. The number of pyridine rings is 1. The second kappa shape index (κ2) is 39.2. The van der Waals surface area contributed by atoms with Gasteiger partial charge in [-0.1, -0.05) is 67.4 Å². The van der Waals surface area contributed by atoms with E-state index < -0.39 is 266 Å². The highest BCUT2D eigenvalue weighted by Gasteiger charge is 2.53. The number of amides is 9. The Morgan fingerprint density at radius 1 is 0.738 bits per heavy atom. The Bertz CT molecular complexity index is 5350. The summed E-state index contributed by atoms with van der Waals surface area (Å²) in [5.41, 5.74) is 4.47. The number of hydrogen-bond donors (Lipinski definition) is 20. The van der Waals surface area contributed by atoms with E-state index in [1.807, 2.05) is 0 Å². The molecule has 0 saturated carbocycles. The Hall–Kier alpha value is -12.1. The summed E-state index contributed by atoms with van der Waals surface area (Å²) in [4.78, 5) is 142. The Morgan fingerprint density at radius 3 is 2.04 bits per heavy atom. The number of carbonyl (C=O) groups excluding carboxylic acids is 9. The van der Waals surface area contributed by atoms with Crippen molar-refractivity contribution < 1.29 is 140 Å². The van der Waals surface area contributed by atoms with Crippen molar-refractivity contribution in [1.82, 2.24) is 53.0 Å². The summed E-state index contributed by atoms with van der Waals surface area (Å²) in [5, 5.41) is 129. The van der Waals surface area contributed by atoms with E-state index in [-0.39, 0.29) is 53.2 Å². The van der Waals surface area contributed by atoms with E-state index in [0.717, 1.165) is 92.0 Å². The number of ether oxygens (including phenoxy) is 7. The summed E-state index contributed by atoms with van der Waals surface area (Å²) in [7, 11) is 2.49. The number of benzene rings is 6. The van der Waals surface area contributed by atoms with Crippen LogP contribution in [-0.4, -0.2) is 210 Å². The van der Waals surface area contributed by atoms with Crippen molar-refractivity contribution in [2.45, 2.75) is 169 Å². The summed E-state index contributed by atoms with van der Waals surface area (Å²) < 4.78 is 82.2. The Morgan fingerprint density at radius 2 is 1.40 bits per heavy atom. The smallest absolute Gasteiger partial charge is 0.508 e. The average molecular weight is 1800 g/mol. The lowest BCUT2D eigenvalue weighted by Gasteiger charge is -2.48. The molecule has 672 valence electrons. The summed E-state index contributed by atoms with van der Waals surface area (Å²) >= 11 is 14.3. The maximum atomic E-state index is 16.3. The van der Waals surface area contributed by atoms with E-state index >= 15 is 24.0 Å². The molecule has 18 atom stereocenters. The fraction of sp³-hybridized carbons (Fsp3) is 0.373. The summed E-state index contributed by atoms with van der Waals surface area (Å²) in [6.07, 6.45) is -19.6. The number of nitrogens with two attached hydrogens (primary N) is 1. The molecule has 6 aromatic carbocycles. The molecule has 18 unspecified atom stereocenters. The molecule has 9 amide bonds. The van der Waals surface area contributed by atoms with E-state index in [2.05, 4.69) is 63.1 Å². The molecule has 14 rings (SSSR count). The van der Waals surface area contributed by atoms with Crippen LogP contribution in [0.4, 0.5) is 18.9 Å². The molecular formula is C83H89Cl2F3N12O26. The number of phenolic OH excluding ortho intramolecular Hbond substituents is 3. The normalized spacial score (nSPS) is 26.0. The Balaban J connectivity index is 0.996. The zero-order chi connectivity index (χ0) is 91.2. The van der Waals surface area contributed by atoms with Gasteiger partial charge in [0.15, 0.2) is 23.9 Å². The second-order valence-corrected chi connectivity index (χ2v) is 31.7. The summed E-state index contributed by atoms with van der Waals surface area (Å²) in [6, 6.07) is 5.78. The number of likely N-dealkylation sites (N-methyl/N-ethyl adjacent to an activating group) is 1. The van der Waals surface area contributed by atoms with E-state index in [1.54, 1.807) is 20.8 Å². The van der Waals surface area contributed by atoms with E-state index in [4.69, 9.17) is 62.2 Å². The number of rotatable bonds is 21. The largest absolute Gasteiger partial charge is 0.573 e. The second-order valence-electron chi connectivity index (χ2n) is 30.8. The van der Waals surface area contributed by atoms with Gasteiger partial charge in [-0.3, -0.25) is 53.0 Å². The number of carbonyl (C=O) groups is 9. The number of nitrogens with one attached hydrogen (secondary N) is 10. The minimum absolute atomic E-state index is 0.0873. The fourth-order valence-corrected chi connectivity index (χ4v) is 15.4. The highest BCUT2D eigenvalue weighted by Crippen LogP contribution is 2.50. The fourth-order valence-electron chi connectivity index (χ4n) is 14.9. The molecular weight excluding hydrogens is 1710 g/mol. The number of aromatic hydroxyl groups is 3. The van der Waals surface area contributed by atoms with Gasteiger partial charge in [0.05, 0.1) is 60.3 Å². The first-order valence-electron chi connectivity index (χ1n) is 39.0. The Kier molecular flexibility index (Phi) is 29.0. The zero-order valence-electron chi connectivity index (χ0n) is 67.5.